The molecule has 120 valence electrons. The van der Waals surface area contributed by atoms with Gasteiger partial charge in [0.15, 0.2) is 0 Å². The van der Waals surface area contributed by atoms with Crippen molar-refractivity contribution < 1.29 is 4.79 Å². The van der Waals surface area contributed by atoms with Crippen LogP contribution in [0, 0.1) is 6.92 Å². The van der Waals surface area contributed by atoms with E-state index < -0.39 is 11.5 Å². The predicted octanol–water partition coefficient (Wildman–Crippen LogP) is 2.07. The van der Waals surface area contributed by atoms with Crippen LogP contribution in [0.3, 0.4) is 0 Å². The number of amides is 1. The van der Waals surface area contributed by atoms with E-state index in [4.69, 9.17) is 0 Å². The summed E-state index contributed by atoms with van der Waals surface area (Å²) < 4.78 is 0. The number of hydrogen-bond acceptors (Lipinski definition) is 4. The minimum atomic E-state index is -0.519. The van der Waals surface area contributed by atoms with E-state index in [-0.39, 0.29) is 5.56 Å². The van der Waals surface area contributed by atoms with E-state index in [2.05, 4.69) is 20.5 Å². The Hall–Kier alpha value is -3.28. The lowest BCUT2D eigenvalue weighted by atomic mass is 10.1. The Balaban J connectivity index is 1.79. The number of nitrogens with one attached hydrogen (secondary N) is 2. The second-order valence-corrected chi connectivity index (χ2v) is 5.40. The maximum atomic E-state index is 12.3. The molecule has 0 aliphatic heterocycles. The number of nitrogens with zero attached hydrogens (tertiary/aromatic N) is 2. The molecule has 0 aliphatic rings. The molecule has 24 heavy (non-hydrogen) atoms. The predicted molar refractivity (Wildman–Crippen MR) is 90.4 cm³/mol. The fourth-order valence-electron chi connectivity index (χ4n) is 2.23. The van der Waals surface area contributed by atoms with Crippen LogP contribution in [-0.4, -0.2) is 21.1 Å². The monoisotopic (exact) mass is 320 g/mol. The molecule has 0 saturated heterocycles. The van der Waals surface area contributed by atoms with E-state index in [1.54, 1.807) is 24.5 Å². The number of rotatable bonds is 4. The molecule has 3 aromatic rings. The molecule has 1 amide bonds. The third-order valence-corrected chi connectivity index (χ3v) is 3.60. The lowest BCUT2D eigenvalue weighted by Gasteiger charge is -2.06. The smallest absolute Gasteiger partial charge is 0.277 e. The van der Waals surface area contributed by atoms with Gasteiger partial charge in [-0.1, -0.05) is 29.8 Å². The summed E-state index contributed by atoms with van der Waals surface area (Å²) in [4.78, 5) is 28.2. The summed E-state index contributed by atoms with van der Waals surface area (Å²) in [6.45, 7) is 2.35. The second kappa shape index (κ2) is 6.87. The highest BCUT2D eigenvalue weighted by Crippen LogP contribution is 2.14. The molecule has 6 heteroatoms. The molecular weight excluding hydrogens is 304 g/mol. The van der Waals surface area contributed by atoms with Gasteiger partial charge in [0.25, 0.3) is 11.5 Å². The zero-order valence-electron chi connectivity index (χ0n) is 13.1. The van der Waals surface area contributed by atoms with Crippen LogP contribution < -0.4 is 10.9 Å². The van der Waals surface area contributed by atoms with Crippen LogP contribution in [0.5, 0.6) is 0 Å². The van der Waals surface area contributed by atoms with Gasteiger partial charge in [-0.25, -0.2) is 5.10 Å². The molecule has 3 rings (SSSR count). The van der Waals surface area contributed by atoms with Crippen LogP contribution >= 0.6 is 0 Å². The van der Waals surface area contributed by atoms with Gasteiger partial charge in [0.2, 0.25) is 0 Å². The first-order valence-electron chi connectivity index (χ1n) is 7.47. The third-order valence-electron chi connectivity index (χ3n) is 3.60. The van der Waals surface area contributed by atoms with Crippen LogP contribution in [-0.2, 0) is 6.54 Å². The van der Waals surface area contributed by atoms with Gasteiger partial charge in [-0.2, -0.15) is 5.10 Å². The SMILES string of the molecule is Cc1ccc(CNC(=O)c2cc(-c3ccncc3)n[nH]c2=O)cc1. The number of carbonyl (C=O) groups excluding carboxylic acids is 1. The Morgan fingerprint density at radius 2 is 1.83 bits per heavy atom. The van der Waals surface area contributed by atoms with Crippen molar-refractivity contribution >= 4 is 5.91 Å². The highest BCUT2D eigenvalue weighted by Gasteiger charge is 2.13. The van der Waals surface area contributed by atoms with Gasteiger partial charge in [-0.15, -0.1) is 0 Å². The molecule has 2 heterocycles. The molecule has 0 aliphatic carbocycles. The van der Waals surface area contributed by atoms with Crippen LogP contribution in [0.4, 0.5) is 0 Å². The lowest BCUT2D eigenvalue weighted by Crippen LogP contribution is -2.29. The number of pyridine rings is 1. The van der Waals surface area contributed by atoms with Crippen LogP contribution in [0.1, 0.15) is 21.5 Å². The first-order chi connectivity index (χ1) is 11.6. The number of carbonyl (C=O) groups is 1. The number of H-pyrrole nitrogens is 1. The molecule has 1 aromatic carbocycles. The molecule has 0 atom stereocenters. The fourth-order valence-corrected chi connectivity index (χ4v) is 2.23. The number of hydrogen-bond donors (Lipinski definition) is 2. The van der Waals surface area contributed by atoms with Crippen LogP contribution in [0.15, 0.2) is 59.7 Å². The van der Waals surface area contributed by atoms with Crippen molar-refractivity contribution in [3.63, 3.8) is 0 Å². The molecule has 0 unspecified atom stereocenters. The summed E-state index contributed by atoms with van der Waals surface area (Å²) in [6.07, 6.45) is 3.25. The van der Waals surface area contributed by atoms with Gasteiger partial charge in [-0.3, -0.25) is 14.6 Å². The van der Waals surface area contributed by atoms with Gasteiger partial charge in [0.1, 0.15) is 5.56 Å². The first kappa shape index (κ1) is 15.6. The Kier molecular flexibility index (Phi) is 4.47. The van der Waals surface area contributed by atoms with E-state index >= 15 is 0 Å². The fraction of sp³-hybridized carbons (Fsp3) is 0.111. The summed E-state index contributed by atoms with van der Waals surface area (Å²) in [5.74, 6) is -0.436. The first-order valence-corrected chi connectivity index (χ1v) is 7.47. The standard InChI is InChI=1S/C18H16N4O2/c1-12-2-4-13(5-3-12)11-20-17(23)15-10-16(21-22-18(15)24)14-6-8-19-9-7-14/h2-10H,11H2,1H3,(H,20,23)(H,22,24). The minimum absolute atomic E-state index is 0.0314. The summed E-state index contributed by atoms with van der Waals surface area (Å²) in [5, 5.41) is 9.10. The van der Waals surface area contributed by atoms with Gasteiger partial charge >= 0.3 is 0 Å². The molecule has 6 nitrogen and oxygen atoms in total. The zero-order valence-corrected chi connectivity index (χ0v) is 13.1. The molecule has 2 N–H and O–H groups in total. The number of aromatic amines is 1. The number of aromatic nitrogens is 3. The van der Waals surface area contributed by atoms with Crippen molar-refractivity contribution in [2.75, 3.05) is 0 Å². The Bertz CT molecular complexity index is 902. The van der Waals surface area contributed by atoms with Gasteiger partial charge in [0, 0.05) is 24.5 Å². The minimum Gasteiger partial charge on any atom is -0.348 e. The van der Waals surface area contributed by atoms with Crippen molar-refractivity contribution in [3.8, 4) is 11.3 Å². The highest BCUT2D eigenvalue weighted by molar-refractivity contribution is 5.94. The molecule has 2 aromatic heterocycles. The molecular formula is C18H16N4O2. The van der Waals surface area contributed by atoms with Crippen molar-refractivity contribution in [3.05, 3.63) is 81.9 Å². The zero-order chi connectivity index (χ0) is 16.9. The number of benzene rings is 1. The Morgan fingerprint density at radius 3 is 2.54 bits per heavy atom. The van der Waals surface area contributed by atoms with Crippen LogP contribution in [0.2, 0.25) is 0 Å². The van der Waals surface area contributed by atoms with E-state index in [1.807, 2.05) is 31.2 Å². The van der Waals surface area contributed by atoms with Crippen molar-refractivity contribution in [2.45, 2.75) is 13.5 Å². The van der Waals surface area contributed by atoms with Gasteiger partial charge in [0.05, 0.1) is 5.69 Å². The Labute approximate surface area is 138 Å². The largest absolute Gasteiger partial charge is 0.348 e. The average Bonchev–Trinajstić information content (AvgIpc) is 2.62. The van der Waals surface area contributed by atoms with Crippen LogP contribution in [0.25, 0.3) is 11.3 Å². The highest BCUT2D eigenvalue weighted by atomic mass is 16.2. The van der Waals surface area contributed by atoms with Crippen molar-refractivity contribution in [2.24, 2.45) is 0 Å². The molecule has 0 radical (unpaired) electrons. The summed E-state index contributed by atoms with van der Waals surface area (Å²) in [6, 6.07) is 12.8. The molecule has 0 bridgehead atoms. The van der Waals surface area contributed by atoms with Crippen molar-refractivity contribution in [1.82, 2.24) is 20.5 Å². The summed E-state index contributed by atoms with van der Waals surface area (Å²) in [7, 11) is 0. The number of aryl methyl sites for hydroxylation is 1. The van der Waals surface area contributed by atoms with E-state index in [1.165, 1.54) is 6.07 Å². The maximum absolute atomic E-state index is 12.3. The van der Waals surface area contributed by atoms with E-state index in [0.29, 0.717) is 12.2 Å². The lowest BCUT2D eigenvalue weighted by molar-refractivity contribution is 0.0949. The summed E-state index contributed by atoms with van der Waals surface area (Å²) >= 11 is 0. The van der Waals surface area contributed by atoms with E-state index in [9.17, 15) is 9.59 Å². The molecule has 0 saturated carbocycles. The molecule has 0 spiro atoms. The van der Waals surface area contributed by atoms with E-state index in [0.717, 1.165) is 16.7 Å². The average molecular weight is 320 g/mol. The Morgan fingerprint density at radius 1 is 1.12 bits per heavy atom. The topological polar surface area (TPSA) is 87.7 Å². The van der Waals surface area contributed by atoms with Gasteiger partial charge < -0.3 is 5.32 Å². The van der Waals surface area contributed by atoms with Gasteiger partial charge in [-0.05, 0) is 30.7 Å². The third kappa shape index (κ3) is 3.55. The summed E-state index contributed by atoms with van der Waals surface area (Å²) in [5.41, 5.74) is 2.91. The maximum Gasteiger partial charge on any atom is 0.277 e. The second-order valence-electron chi connectivity index (χ2n) is 5.40. The quantitative estimate of drug-likeness (QED) is 0.770. The molecule has 0 fully saturated rings. The normalized spacial score (nSPS) is 10.4. The van der Waals surface area contributed by atoms with Crippen molar-refractivity contribution in [1.29, 1.82) is 0 Å².